The third-order valence-corrected chi connectivity index (χ3v) is 3.35. The van der Waals surface area contributed by atoms with Crippen molar-refractivity contribution in [3.8, 4) is 17.2 Å². The Hall–Kier alpha value is -2.36. The quantitative estimate of drug-likeness (QED) is 0.900. The van der Waals surface area contributed by atoms with Gasteiger partial charge in [0.15, 0.2) is 11.5 Å². The number of ether oxygens (including phenoxy) is 2. The molecule has 4 heteroatoms. The molecule has 3 rings (SSSR count). The molecule has 1 aliphatic rings. The van der Waals surface area contributed by atoms with E-state index in [4.69, 9.17) is 9.47 Å². The number of anilines is 1. The Morgan fingerprint density at radius 1 is 1.10 bits per heavy atom. The number of nitrogens with one attached hydrogen (secondary N) is 1. The maximum atomic E-state index is 9.98. The van der Waals surface area contributed by atoms with Gasteiger partial charge >= 0.3 is 0 Å². The lowest BCUT2D eigenvalue weighted by atomic mass is 10.1. The first-order valence-electron chi connectivity index (χ1n) is 6.65. The molecule has 2 aromatic carbocycles. The van der Waals surface area contributed by atoms with Crippen molar-refractivity contribution in [2.45, 2.75) is 13.5 Å². The maximum absolute atomic E-state index is 9.98. The van der Waals surface area contributed by atoms with E-state index in [1.54, 1.807) is 0 Å². The second-order valence-corrected chi connectivity index (χ2v) is 4.79. The van der Waals surface area contributed by atoms with E-state index in [0.29, 0.717) is 25.5 Å². The van der Waals surface area contributed by atoms with Gasteiger partial charge in [0.25, 0.3) is 0 Å². The summed E-state index contributed by atoms with van der Waals surface area (Å²) < 4.78 is 11.0. The van der Waals surface area contributed by atoms with Crippen LogP contribution in [0.15, 0.2) is 36.4 Å². The minimum absolute atomic E-state index is 0.345. The highest BCUT2D eigenvalue weighted by Crippen LogP contribution is 2.33. The van der Waals surface area contributed by atoms with Gasteiger partial charge in [0, 0.05) is 23.9 Å². The highest BCUT2D eigenvalue weighted by Gasteiger charge is 2.11. The van der Waals surface area contributed by atoms with Crippen LogP contribution in [0, 0.1) is 6.92 Å². The number of rotatable bonds is 3. The summed E-state index contributed by atoms with van der Waals surface area (Å²) in [6.07, 6.45) is 0. The van der Waals surface area contributed by atoms with Crippen molar-refractivity contribution in [3.63, 3.8) is 0 Å². The molecule has 2 N–H and O–H groups in total. The zero-order valence-corrected chi connectivity index (χ0v) is 11.3. The van der Waals surface area contributed by atoms with E-state index in [1.165, 1.54) is 0 Å². The van der Waals surface area contributed by atoms with E-state index in [0.717, 1.165) is 28.3 Å². The Labute approximate surface area is 118 Å². The van der Waals surface area contributed by atoms with Crippen molar-refractivity contribution in [2.24, 2.45) is 0 Å². The van der Waals surface area contributed by atoms with Crippen LogP contribution in [0.3, 0.4) is 0 Å². The Morgan fingerprint density at radius 2 is 1.90 bits per heavy atom. The molecule has 0 saturated carbocycles. The number of phenols is 1. The average Bonchev–Trinajstić information content (AvgIpc) is 2.48. The van der Waals surface area contributed by atoms with Crippen molar-refractivity contribution >= 4 is 5.69 Å². The number of fused-ring (bicyclic) bond motifs is 1. The summed E-state index contributed by atoms with van der Waals surface area (Å²) in [6, 6.07) is 11.5. The third-order valence-electron chi connectivity index (χ3n) is 3.35. The number of para-hydroxylation sites is 1. The molecule has 20 heavy (non-hydrogen) atoms. The van der Waals surface area contributed by atoms with E-state index < -0.39 is 0 Å². The Balaban J connectivity index is 1.73. The van der Waals surface area contributed by atoms with Crippen molar-refractivity contribution in [1.29, 1.82) is 0 Å². The summed E-state index contributed by atoms with van der Waals surface area (Å²) in [6.45, 7) is 3.63. The number of hydrogen-bond donors (Lipinski definition) is 2. The van der Waals surface area contributed by atoms with Gasteiger partial charge in [-0.15, -0.1) is 0 Å². The van der Waals surface area contributed by atoms with Crippen LogP contribution in [0.5, 0.6) is 17.2 Å². The SMILES string of the molecule is Cc1cccc(CNc2ccc3c(c2)OCCO3)c1O. The van der Waals surface area contributed by atoms with Crippen molar-refractivity contribution in [3.05, 3.63) is 47.5 Å². The molecule has 0 fully saturated rings. The standard InChI is InChI=1S/C16H17NO3/c1-11-3-2-4-12(16(11)18)10-17-13-5-6-14-15(9-13)20-8-7-19-14/h2-6,9,17-18H,7-8,10H2,1H3. The van der Waals surface area contributed by atoms with Crippen LogP contribution in [0.4, 0.5) is 5.69 Å². The lowest BCUT2D eigenvalue weighted by Gasteiger charge is -2.19. The first-order valence-corrected chi connectivity index (χ1v) is 6.65. The van der Waals surface area contributed by atoms with Crippen LogP contribution >= 0.6 is 0 Å². The van der Waals surface area contributed by atoms with Crippen LogP contribution < -0.4 is 14.8 Å². The summed E-state index contributed by atoms with van der Waals surface area (Å²) in [7, 11) is 0. The van der Waals surface area contributed by atoms with Crippen LogP contribution in [0.2, 0.25) is 0 Å². The lowest BCUT2D eigenvalue weighted by molar-refractivity contribution is 0.171. The molecule has 104 valence electrons. The van der Waals surface area contributed by atoms with Gasteiger partial charge < -0.3 is 19.9 Å². The zero-order valence-electron chi connectivity index (χ0n) is 11.3. The highest BCUT2D eigenvalue weighted by atomic mass is 16.6. The molecule has 1 heterocycles. The largest absolute Gasteiger partial charge is 0.507 e. The molecular formula is C16H17NO3. The lowest BCUT2D eigenvalue weighted by Crippen LogP contribution is -2.15. The summed E-state index contributed by atoms with van der Waals surface area (Å²) in [4.78, 5) is 0. The van der Waals surface area contributed by atoms with Gasteiger partial charge in [-0.3, -0.25) is 0 Å². The molecule has 2 aromatic rings. The summed E-state index contributed by atoms with van der Waals surface area (Å²) in [5.74, 6) is 1.88. The van der Waals surface area contributed by atoms with Gasteiger partial charge in [-0.1, -0.05) is 18.2 Å². The van der Waals surface area contributed by atoms with E-state index >= 15 is 0 Å². The van der Waals surface area contributed by atoms with E-state index in [9.17, 15) is 5.11 Å². The van der Waals surface area contributed by atoms with Crippen molar-refractivity contribution in [1.82, 2.24) is 0 Å². The molecular weight excluding hydrogens is 254 g/mol. The second-order valence-electron chi connectivity index (χ2n) is 4.79. The number of phenolic OH excluding ortho intramolecular Hbond substituents is 1. The Kier molecular flexibility index (Phi) is 3.37. The highest BCUT2D eigenvalue weighted by molar-refractivity contribution is 5.56. The van der Waals surface area contributed by atoms with Gasteiger partial charge in [-0.2, -0.15) is 0 Å². The first kappa shape index (κ1) is 12.7. The zero-order chi connectivity index (χ0) is 13.9. The summed E-state index contributed by atoms with van der Waals surface area (Å²) >= 11 is 0. The molecule has 0 saturated heterocycles. The normalized spacial score (nSPS) is 13.1. The van der Waals surface area contributed by atoms with Crippen LogP contribution in [0.25, 0.3) is 0 Å². The average molecular weight is 271 g/mol. The monoisotopic (exact) mass is 271 g/mol. The van der Waals surface area contributed by atoms with Crippen LogP contribution in [-0.4, -0.2) is 18.3 Å². The fourth-order valence-corrected chi connectivity index (χ4v) is 2.21. The summed E-state index contributed by atoms with van der Waals surface area (Å²) in [5, 5.41) is 13.3. The maximum Gasteiger partial charge on any atom is 0.163 e. The predicted molar refractivity (Wildman–Crippen MR) is 77.6 cm³/mol. The minimum Gasteiger partial charge on any atom is -0.507 e. The van der Waals surface area contributed by atoms with Gasteiger partial charge in [-0.25, -0.2) is 0 Å². The number of benzene rings is 2. The number of aromatic hydroxyl groups is 1. The fraction of sp³-hybridized carbons (Fsp3) is 0.250. The van der Waals surface area contributed by atoms with Gasteiger partial charge in [0.2, 0.25) is 0 Å². The molecule has 0 spiro atoms. The van der Waals surface area contributed by atoms with Crippen LogP contribution in [-0.2, 0) is 6.54 Å². The van der Waals surface area contributed by atoms with Gasteiger partial charge in [0.1, 0.15) is 19.0 Å². The molecule has 0 radical (unpaired) electrons. The summed E-state index contributed by atoms with van der Waals surface area (Å²) in [5.41, 5.74) is 2.70. The molecule has 0 unspecified atom stereocenters. The molecule has 0 aliphatic carbocycles. The third kappa shape index (κ3) is 2.50. The minimum atomic E-state index is 0.345. The van der Waals surface area contributed by atoms with E-state index in [1.807, 2.05) is 43.3 Å². The molecule has 4 nitrogen and oxygen atoms in total. The first-order chi connectivity index (χ1) is 9.74. The van der Waals surface area contributed by atoms with Crippen molar-refractivity contribution in [2.75, 3.05) is 18.5 Å². The molecule has 0 aromatic heterocycles. The number of aryl methyl sites for hydroxylation is 1. The van der Waals surface area contributed by atoms with Gasteiger partial charge in [-0.05, 0) is 24.6 Å². The smallest absolute Gasteiger partial charge is 0.163 e. The van der Waals surface area contributed by atoms with E-state index in [-0.39, 0.29) is 0 Å². The topological polar surface area (TPSA) is 50.7 Å². The van der Waals surface area contributed by atoms with E-state index in [2.05, 4.69) is 5.32 Å². The Morgan fingerprint density at radius 3 is 2.75 bits per heavy atom. The second kappa shape index (κ2) is 5.33. The van der Waals surface area contributed by atoms with Crippen molar-refractivity contribution < 1.29 is 14.6 Å². The number of hydrogen-bond acceptors (Lipinski definition) is 4. The molecule has 0 atom stereocenters. The van der Waals surface area contributed by atoms with Gasteiger partial charge in [0.05, 0.1) is 0 Å². The fourth-order valence-electron chi connectivity index (χ4n) is 2.21. The molecule has 0 bridgehead atoms. The molecule has 1 aliphatic heterocycles. The van der Waals surface area contributed by atoms with Crippen LogP contribution in [0.1, 0.15) is 11.1 Å². The predicted octanol–water partition coefficient (Wildman–Crippen LogP) is 3.08. The Bertz CT molecular complexity index is 625. The molecule has 0 amide bonds.